The van der Waals surface area contributed by atoms with Crippen LogP contribution in [0.2, 0.25) is 0 Å². The third-order valence-electron chi connectivity index (χ3n) is 3.58. The second kappa shape index (κ2) is 10.2. The zero-order chi connectivity index (χ0) is 13.9. The van der Waals surface area contributed by atoms with Gasteiger partial charge in [-0.1, -0.05) is 0 Å². The number of ether oxygens (including phenoxy) is 2. The molecule has 1 aliphatic rings. The Kier molecular flexibility index (Phi) is 8.79. The molecule has 1 amide bonds. The van der Waals surface area contributed by atoms with Gasteiger partial charge in [-0.25, -0.2) is 0 Å². The number of rotatable bonds is 9. The van der Waals surface area contributed by atoms with Gasteiger partial charge in [0.25, 0.3) is 0 Å². The molecule has 5 nitrogen and oxygen atoms in total. The maximum absolute atomic E-state index is 11.7. The predicted molar refractivity (Wildman–Crippen MR) is 74.9 cm³/mol. The van der Waals surface area contributed by atoms with E-state index in [1.54, 1.807) is 7.11 Å². The van der Waals surface area contributed by atoms with E-state index in [-0.39, 0.29) is 5.91 Å². The molecule has 0 spiro atoms. The fourth-order valence-corrected chi connectivity index (χ4v) is 2.37. The molecule has 0 aromatic rings. The molecule has 5 heteroatoms. The van der Waals surface area contributed by atoms with Gasteiger partial charge in [-0.3, -0.25) is 4.79 Å². The molecule has 0 radical (unpaired) electrons. The summed E-state index contributed by atoms with van der Waals surface area (Å²) in [6.45, 7) is 2.60. The van der Waals surface area contributed by atoms with E-state index in [2.05, 4.69) is 5.32 Å². The van der Waals surface area contributed by atoms with Gasteiger partial charge in [0.05, 0.1) is 13.2 Å². The first-order valence-corrected chi connectivity index (χ1v) is 7.31. The monoisotopic (exact) mass is 272 g/mol. The van der Waals surface area contributed by atoms with E-state index in [1.165, 1.54) is 0 Å². The Morgan fingerprint density at radius 1 is 1.21 bits per heavy atom. The Morgan fingerprint density at radius 2 is 1.95 bits per heavy atom. The summed E-state index contributed by atoms with van der Waals surface area (Å²) in [6, 6.07) is 0.351. The molecule has 0 heterocycles. The van der Waals surface area contributed by atoms with Crippen LogP contribution in [0.4, 0.5) is 0 Å². The van der Waals surface area contributed by atoms with E-state index in [4.69, 9.17) is 15.2 Å². The van der Waals surface area contributed by atoms with Crippen LogP contribution < -0.4 is 11.1 Å². The Balaban J connectivity index is 1.93. The minimum absolute atomic E-state index is 0.164. The molecule has 1 saturated carbocycles. The molecular weight excluding hydrogens is 244 g/mol. The van der Waals surface area contributed by atoms with Crippen molar-refractivity contribution in [1.29, 1.82) is 0 Å². The lowest BCUT2D eigenvalue weighted by molar-refractivity contribution is -0.122. The molecule has 0 saturated heterocycles. The second-order valence-corrected chi connectivity index (χ2v) is 5.29. The molecule has 1 aliphatic carbocycles. The fraction of sp³-hybridized carbons (Fsp3) is 0.929. The first-order valence-electron chi connectivity index (χ1n) is 7.31. The summed E-state index contributed by atoms with van der Waals surface area (Å²) in [5.41, 5.74) is 5.85. The zero-order valence-corrected chi connectivity index (χ0v) is 12.0. The summed E-state index contributed by atoms with van der Waals surface area (Å²) in [6.07, 6.45) is 5.81. The van der Waals surface area contributed by atoms with Gasteiger partial charge < -0.3 is 20.5 Å². The maximum Gasteiger partial charge on any atom is 0.220 e. The summed E-state index contributed by atoms with van der Waals surface area (Å²) in [5.74, 6) is 0.690. The van der Waals surface area contributed by atoms with E-state index < -0.39 is 0 Å². The molecule has 0 aliphatic heterocycles. The van der Waals surface area contributed by atoms with Crippen molar-refractivity contribution >= 4 is 5.91 Å². The topological polar surface area (TPSA) is 73.6 Å². The van der Waals surface area contributed by atoms with Gasteiger partial charge in [0.1, 0.15) is 0 Å². The van der Waals surface area contributed by atoms with Crippen LogP contribution in [-0.4, -0.2) is 45.4 Å². The maximum atomic E-state index is 11.7. The Bertz CT molecular complexity index is 241. The zero-order valence-electron chi connectivity index (χ0n) is 12.0. The highest BCUT2D eigenvalue weighted by Crippen LogP contribution is 2.25. The second-order valence-electron chi connectivity index (χ2n) is 5.29. The van der Waals surface area contributed by atoms with Gasteiger partial charge in [0, 0.05) is 32.7 Å². The van der Waals surface area contributed by atoms with Crippen molar-refractivity contribution in [2.75, 3.05) is 33.5 Å². The molecule has 0 bridgehead atoms. The average Bonchev–Trinajstić information content (AvgIpc) is 2.40. The molecule has 0 aromatic carbocycles. The number of nitrogens with two attached hydrogens (primary N) is 1. The van der Waals surface area contributed by atoms with Crippen molar-refractivity contribution in [3.8, 4) is 0 Å². The van der Waals surface area contributed by atoms with Crippen molar-refractivity contribution in [2.24, 2.45) is 11.7 Å². The van der Waals surface area contributed by atoms with Crippen molar-refractivity contribution < 1.29 is 14.3 Å². The van der Waals surface area contributed by atoms with Crippen LogP contribution in [0.1, 0.15) is 38.5 Å². The highest BCUT2D eigenvalue weighted by atomic mass is 16.5. The van der Waals surface area contributed by atoms with Crippen LogP contribution in [0, 0.1) is 5.92 Å². The fourth-order valence-electron chi connectivity index (χ4n) is 2.37. The van der Waals surface area contributed by atoms with Crippen molar-refractivity contribution in [2.45, 2.75) is 44.6 Å². The number of nitrogens with one attached hydrogen (secondary N) is 1. The summed E-state index contributed by atoms with van der Waals surface area (Å²) in [4.78, 5) is 11.7. The van der Waals surface area contributed by atoms with Gasteiger partial charge >= 0.3 is 0 Å². The molecule has 3 N–H and O–H groups in total. The highest BCUT2D eigenvalue weighted by molar-refractivity contribution is 5.76. The SMILES string of the molecule is COCCOCCCNC(=O)CC1CCC(N)CC1. The molecule has 0 aromatic heterocycles. The first kappa shape index (κ1) is 16.4. The lowest BCUT2D eigenvalue weighted by Gasteiger charge is -2.25. The average molecular weight is 272 g/mol. The van der Waals surface area contributed by atoms with E-state index in [1.807, 2.05) is 0 Å². The molecule has 1 fully saturated rings. The smallest absolute Gasteiger partial charge is 0.220 e. The van der Waals surface area contributed by atoms with Gasteiger partial charge in [-0.05, 0) is 38.0 Å². The van der Waals surface area contributed by atoms with Gasteiger partial charge in [0.15, 0.2) is 0 Å². The van der Waals surface area contributed by atoms with Crippen LogP contribution >= 0.6 is 0 Å². The number of hydrogen-bond donors (Lipinski definition) is 2. The normalized spacial score (nSPS) is 23.3. The van der Waals surface area contributed by atoms with Crippen molar-refractivity contribution in [1.82, 2.24) is 5.32 Å². The number of amides is 1. The largest absolute Gasteiger partial charge is 0.382 e. The van der Waals surface area contributed by atoms with Gasteiger partial charge in [-0.15, -0.1) is 0 Å². The Hall–Kier alpha value is -0.650. The third kappa shape index (κ3) is 8.18. The lowest BCUT2D eigenvalue weighted by atomic mass is 9.84. The Labute approximate surface area is 116 Å². The molecule has 19 heavy (non-hydrogen) atoms. The summed E-state index contributed by atoms with van der Waals surface area (Å²) < 4.78 is 10.2. The first-order chi connectivity index (χ1) is 9.22. The minimum atomic E-state index is 0.164. The summed E-state index contributed by atoms with van der Waals surface area (Å²) in [7, 11) is 1.65. The standard InChI is InChI=1S/C14H28N2O3/c1-18-9-10-19-8-2-7-16-14(17)11-12-3-5-13(15)6-4-12/h12-13H,2-11,15H2,1H3,(H,16,17). The molecular formula is C14H28N2O3. The van der Waals surface area contributed by atoms with E-state index >= 15 is 0 Å². The summed E-state index contributed by atoms with van der Waals surface area (Å²) >= 11 is 0. The molecule has 1 rings (SSSR count). The van der Waals surface area contributed by atoms with Gasteiger partial charge in [0.2, 0.25) is 5.91 Å². The van der Waals surface area contributed by atoms with Crippen LogP contribution in [-0.2, 0) is 14.3 Å². The van der Waals surface area contributed by atoms with Crippen LogP contribution in [0.5, 0.6) is 0 Å². The number of carbonyl (C=O) groups excluding carboxylic acids is 1. The van der Waals surface area contributed by atoms with E-state index in [9.17, 15) is 4.79 Å². The Morgan fingerprint density at radius 3 is 2.63 bits per heavy atom. The van der Waals surface area contributed by atoms with E-state index in [0.717, 1.165) is 32.1 Å². The third-order valence-corrected chi connectivity index (χ3v) is 3.58. The van der Waals surface area contributed by atoms with Gasteiger partial charge in [-0.2, -0.15) is 0 Å². The van der Waals surface area contributed by atoms with E-state index in [0.29, 0.717) is 44.7 Å². The number of hydrogen-bond acceptors (Lipinski definition) is 4. The van der Waals surface area contributed by atoms with Crippen LogP contribution in [0.15, 0.2) is 0 Å². The highest BCUT2D eigenvalue weighted by Gasteiger charge is 2.20. The molecule has 112 valence electrons. The lowest BCUT2D eigenvalue weighted by Crippen LogP contribution is -2.31. The summed E-state index contributed by atoms with van der Waals surface area (Å²) in [5, 5.41) is 2.95. The molecule has 0 atom stereocenters. The quantitative estimate of drug-likeness (QED) is 0.616. The van der Waals surface area contributed by atoms with Crippen molar-refractivity contribution in [3.63, 3.8) is 0 Å². The predicted octanol–water partition coefficient (Wildman–Crippen LogP) is 1.06. The number of carbonyl (C=O) groups is 1. The number of methoxy groups -OCH3 is 1. The van der Waals surface area contributed by atoms with Crippen LogP contribution in [0.3, 0.4) is 0 Å². The van der Waals surface area contributed by atoms with Crippen molar-refractivity contribution in [3.05, 3.63) is 0 Å². The minimum Gasteiger partial charge on any atom is -0.382 e. The molecule has 0 unspecified atom stereocenters. The van der Waals surface area contributed by atoms with Crippen LogP contribution in [0.25, 0.3) is 0 Å².